The van der Waals surface area contributed by atoms with Crippen molar-refractivity contribution in [1.82, 2.24) is 4.90 Å². The van der Waals surface area contributed by atoms with Crippen molar-refractivity contribution < 1.29 is 4.79 Å². The average Bonchev–Trinajstić information content (AvgIpc) is 2.29. The first-order valence-corrected chi connectivity index (χ1v) is 5.44. The molecule has 0 amide bonds. The predicted octanol–water partition coefficient (Wildman–Crippen LogP) is 2.09. The van der Waals surface area contributed by atoms with Crippen LogP contribution in [-0.4, -0.2) is 30.3 Å². The molecule has 1 aliphatic rings. The number of hydrogen-bond acceptors (Lipinski definition) is 2. The summed E-state index contributed by atoms with van der Waals surface area (Å²) in [5, 5.41) is 0. The number of likely N-dealkylation sites (tertiary alicyclic amines) is 1. The fraction of sp³-hybridized carbons (Fsp3) is 0.909. The van der Waals surface area contributed by atoms with Crippen LogP contribution in [0.3, 0.4) is 0 Å². The molecule has 0 spiro atoms. The zero-order valence-electron chi connectivity index (χ0n) is 8.88. The minimum Gasteiger partial charge on any atom is -0.299 e. The summed E-state index contributed by atoms with van der Waals surface area (Å²) in [5.74, 6) is 1.20. The predicted molar refractivity (Wildman–Crippen MR) is 54.8 cm³/mol. The number of Topliss-reactive ketones (excluding diaryl/α,β-unsaturated/α-hetero) is 1. The fourth-order valence-electron chi connectivity index (χ4n) is 2.11. The summed E-state index contributed by atoms with van der Waals surface area (Å²) in [6.45, 7) is 6.86. The Bertz CT molecular complexity index is 167. The lowest BCUT2D eigenvalue weighted by Crippen LogP contribution is -2.29. The van der Waals surface area contributed by atoms with Gasteiger partial charge >= 0.3 is 0 Å². The van der Waals surface area contributed by atoms with Crippen molar-refractivity contribution >= 4 is 5.78 Å². The summed E-state index contributed by atoms with van der Waals surface area (Å²) in [5.41, 5.74) is 0. The van der Waals surface area contributed by atoms with E-state index in [1.165, 1.54) is 25.7 Å². The standard InChI is InChI=1S/C11H21NO/c1-3-11-5-4-7-12(8-6-11)9-10(2)13/h11H,3-9H2,1-2H3. The van der Waals surface area contributed by atoms with Crippen LogP contribution in [0.25, 0.3) is 0 Å². The smallest absolute Gasteiger partial charge is 0.143 e. The molecule has 2 nitrogen and oxygen atoms in total. The Morgan fingerprint density at radius 3 is 2.77 bits per heavy atom. The van der Waals surface area contributed by atoms with E-state index in [9.17, 15) is 4.79 Å². The molecule has 1 aliphatic heterocycles. The Labute approximate surface area is 81.3 Å². The Morgan fingerprint density at radius 2 is 2.15 bits per heavy atom. The lowest BCUT2D eigenvalue weighted by molar-refractivity contribution is -0.118. The highest BCUT2D eigenvalue weighted by Crippen LogP contribution is 2.19. The third-order valence-corrected chi connectivity index (χ3v) is 2.96. The Morgan fingerprint density at radius 1 is 1.38 bits per heavy atom. The third kappa shape index (κ3) is 3.90. The van der Waals surface area contributed by atoms with Gasteiger partial charge in [-0.1, -0.05) is 13.3 Å². The van der Waals surface area contributed by atoms with Gasteiger partial charge < -0.3 is 0 Å². The lowest BCUT2D eigenvalue weighted by atomic mass is 9.98. The van der Waals surface area contributed by atoms with Crippen molar-refractivity contribution in [3.05, 3.63) is 0 Å². The number of rotatable bonds is 3. The van der Waals surface area contributed by atoms with Crippen LogP contribution in [0.5, 0.6) is 0 Å². The summed E-state index contributed by atoms with van der Waals surface area (Å²) >= 11 is 0. The van der Waals surface area contributed by atoms with Gasteiger partial charge in [-0.2, -0.15) is 0 Å². The molecule has 1 heterocycles. The van der Waals surface area contributed by atoms with Crippen LogP contribution in [0.1, 0.15) is 39.5 Å². The second kappa shape index (κ2) is 5.38. The molecule has 0 aliphatic carbocycles. The van der Waals surface area contributed by atoms with Gasteiger partial charge in [-0.15, -0.1) is 0 Å². The minimum absolute atomic E-state index is 0.301. The van der Waals surface area contributed by atoms with E-state index >= 15 is 0 Å². The highest BCUT2D eigenvalue weighted by molar-refractivity contribution is 5.77. The van der Waals surface area contributed by atoms with Gasteiger partial charge in [0, 0.05) is 0 Å². The van der Waals surface area contributed by atoms with E-state index in [0.717, 1.165) is 19.0 Å². The SMILES string of the molecule is CCC1CCCN(CC(C)=O)CC1. The minimum atomic E-state index is 0.301. The van der Waals surface area contributed by atoms with Gasteiger partial charge in [0.25, 0.3) is 0 Å². The summed E-state index contributed by atoms with van der Waals surface area (Å²) in [6.07, 6.45) is 5.20. The van der Waals surface area contributed by atoms with E-state index in [4.69, 9.17) is 0 Å². The third-order valence-electron chi connectivity index (χ3n) is 2.96. The summed E-state index contributed by atoms with van der Waals surface area (Å²) < 4.78 is 0. The molecule has 1 saturated heterocycles. The maximum atomic E-state index is 10.9. The Kier molecular flexibility index (Phi) is 4.43. The second-order valence-corrected chi connectivity index (χ2v) is 4.18. The number of carbonyl (C=O) groups is 1. The molecule has 2 heteroatoms. The number of nitrogens with zero attached hydrogens (tertiary/aromatic N) is 1. The van der Waals surface area contributed by atoms with Crippen molar-refractivity contribution in [3.63, 3.8) is 0 Å². The molecule has 0 radical (unpaired) electrons. The van der Waals surface area contributed by atoms with Crippen LogP contribution < -0.4 is 0 Å². The van der Waals surface area contributed by atoms with Crippen LogP contribution in [0.4, 0.5) is 0 Å². The fourth-order valence-corrected chi connectivity index (χ4v) is 2.11. The van der Waals surface area contributed by atoms with Crippen LogP contribution in [0, 0.1) is 5.92 Å². The topological polar surface area (TPSA) is 20.3 Å². The van der Waals surface area contributed by atoms with E-state index in [2.05, 4.69) is 11.8 Å². The second-order valence-electron chi connectivity index (χ2n) is 4.18. The largest absolute Gasteiger partial charge is 0.299 e. The number of ketones is 1. The first-order valence-electron chi connectivity index (χ1n) is 5.44. The van der Waals surface area contributed by atoms with Gasteiger partial charge in [-0.05, 0) is 45.2 Å². The van der Waals surface area contributed by atoms with Crippen molar-refractivity contribution in [2.75, 3.05) is 19.6 Å². The Balaban J connectivity index is 2.31. The molecule has 0 aromatic heterocycles. The molecule has 0 N–H and O–H groups in total. The lowest BCUT2D eigenvalue weighted by Gasteiger charge is -2.17. The quantitative estimate of drug-likeness (QED) is 0.667. The zero-order chi connectivity index (χ0) is 9.68. The summed E-state index contributed by atoms with van der Waals surface area (Å²) in [7, 11) is 0. The van der Waals surface area contributed by atoms with Crippen molar-refractivity contribution in [3.8, 4) is 0 Å². The molecular formula is C11H21NO. The first kappa shape index (κ1) is 10.7. The van der Waals surface area contributed by atoms with Gasteiger partial charge in [0.1, 0.15) is 5.78 Å². The molecular weight excluding hydrogens is 162 g/mol. The van der Waals surface area contributed by atoms with Crippen LogP contribution in [-0.2, 0) is 4.79 Å². The molecule has 76 valence electrons. The molecule has 0 aromatic rings. The number of hydrogen-bond donors (Lipinski definition) is 0. The molecule has 1 rings (SSSR count). The van der Waals surface area contributed by atoms with Gasteiger partial charge in [0.05, 0.1) is 6.54 Å². The van der Waals surface area contributed by atoms with Crippen LogP contribution >= 0.6 is 0 Å². The van der Waals surface area contributed by atoms with Gasteiger partial charge in [-0.3, -0.25) is 9.69 Å². The van der Waals surface area contributed by atoms with E-state index in [0.29, 0.717) is 12.3 Å². The maximum Gasteiger partial charge on any atom is 0.143 e. The van der Waals surface area contributed by atoms with Crippen molar-refractivity contribution in [2.24, 2.45) is 5.92 Å². The van der Waals surface area contributed by atoms with Crippen molar-refractivity contribution in [1.29, 1.82) is 0 Å². The maximum absolute atomic E-state index is 10.9. The highest BCUT2D eigenvalue weighted by atomic mass is 16.1. The van der Waals surface area contributed by atoms with E-state index in [-0.39, 0.29) is 0 Å². The molecule has 0 saturated carbocycles. The molecule has 0 aromatic carbocycles. The first-order chi connectivity index (χ1) is 6.22. The normalized spacial score (nSPS) is 25.5. The number of carbonyl (C=O) groups excluding carboxylic acids is 1. The van der Waals surface area contributed by atoms with E-state index in [1.807, 2.05) is 0 Å². The van der Waals surface area contributed by atoms with E-state index in [1.54, 1.807) is 6.92 Å². The van der Waals surface area contributed by atoms with Crippen LogP contribution in [0.15, 0.2) is 0 Å². The highest BCUT2D eigenvalue weighted by Gasteiger charge is 2.15. The summed E-state index contributed by atoms with van der Waals surface area (Å²) in [4.78, 5) is 13.2. The van der Waals surface area contributed by atoms with Gasteiger partial charge in [-0.25, -0.2) is 0 Å². The average molecular weight is 183 g/mol. The van der Waals surface area contributed by atoms with Gasteiger partial charge in [0.2, 0.25) is 0 Å². The molecule has 1 fully saturated rings. The zero-order valence-corrected chi connectivity index (χ0v) is 8.88. The molecule has 1 unspecified atom stereocenters. The molecule has 13 heavy (non-hydrogen) atoms. The monoisotopic (exact) mass is 183 g/mol. The van der Waals surface area contributed by atoms with Crippen molar-refractivity contribution in [2.45, 2.75) is 39.5 Å². The Hall–Kier alpha value is -0.370. The van der Waals surface area contributed by atoms with Gasteiger partial charge in [0.15, 0.2) is 0 Å². The molecule has 1 atom stereocenters. The van der Waals surface area contributed by atoms with Crippen LogP contribution in [0.2, 0.25) is 0 Å². The summed E-state index contributed by atoms with van der Waals surface area (Å²) in [6, 6.07) is 0. The van der Waals surface area contributed by atoms with E-state index < -0.39 is 0 Å². The molecule has 0 bridgehead atoms.